The normalized spacial score (nSPS) is 11.1. The highest BCUT2D eigenvalue weighted by molar-refractivity contribution is 6.08. The van der Waals surface area contributed by atoms with Crippen molar-refractivity contribution in [2.75, 3.05) is 7.11 Å². The lowest BCUT2D eigenvalue weighted by atomic mass is 10.0. The molecule has 4 rings (SSSR count). The van der Waals surface area contributed by atoms with Gasteiger partial charge in [0.2, 0.25) is 11.7 Å². The SMILES string of the molecule is COc1ccc2cc(C(=O)C=Cc3ccc(OCc4noc(C)n4)cc3)ccc2c1. The summed E-state index contributed by atoms with van der Waals surface area (Å²) in [5.41, 5.74) is 1.54. The summed E-state index contributed by atoms with van der Waals surface area (Å²) >= 11 is 0. The van der Waals surface area contributed by atoms with E-state index in [9.17, 15) is 4.79 Å². The molecule has 0 bridgehead atoms. The van der Waals surface area contributed by atoms with Gasteiger partial charge < -0.3 is 14.0 Å². The molecule has 6 heteroatoms. The van der Waals surface area contributed by atoms with Crippen LogP contribution in [-0.4, -0.2) is 23.0 Å². The Labute approximate surface area is 173 Å². The number of allylic oxidation sites excluding steroid dienone is 1. The van der Waals surface area contributed by atoms with Crippen molar-refractivity contribution >= 4 is 22.6 Å². The highest BCUT2D eigenvalue weighted by atomic mass is 16.5. The van der Waals surface area contributed by atoms with Crippen LogP contribution in [0.3, 0.4) is 0 Å². The number of carbonyl (C=O) groups is 1. The van der Waals surface area contributed by atoms with E-state index < -0.39 is 0 Å². The highest BCUT2D eigenvalue weighted by Gasteiger charge is 2.05. The smallest absolute Gasteiger partial charge is 0.223 e. The van der Waals surface area contributed by atoms with E-state index in [1.165, 1.54) is 0 Å². The summed E-state index contributed by atoms with van der Waals surface area (Å²) in [6, 6.07) is 18.9. The van der Waals surface area contributed by atoms with Gasteiger partial charge in [0, 0.05) is 12.5 Å². The molecule has 0 aliphatic carbocycles. The van der Waals surface area contributed by atoms with Crippen molar-refractivity contribution in [2.24, 2.45) is 0 Å². The van der Waals surface area contributed by atoms with Crippen molar-refractivity contribution in [2.45, 2.75) is 13.5 Å². The highest BCUT2D eigenvalue weighted by Crippen LogP contribution is 2.22. The van der Waals surface area contributed by atoms with Crippen LogP contribution in [0.15, 0.2) is 71.3 Å². The molecular formula is C24H20N2O4. The first kappa shape index (κ1) is 19.4. The molecule has 0 N–H and O–H groups in total. The third-order valence-corrected chi connectivity index (χ3v) is 4.58. The molecule has 0 radical (unpaired) electrons. The molecule has 4 aromatic rings. The van der Waals surface area contributed by atoms with E-state index in [0.29, 0.717) is 23.0 Å². The lowest BCUT2D eigenvalue weighted by Gasteiger charge is -2.04. The lowest BCUT2D eigenvalue weighted by molar-refractivity contribution is 0.104. The number of hydrogen-bond acceptors (Lipinski definition) is 6. The quantitative estimate of drug-likeness (QED) is 0.320. The van der Waals surface area contributed by atoms with Crippen LogP contribution in [0, 0.1) is 6.92 Å². The molecule has 0 saturated carbocycles. The summed E-state index contributed by atoms with van der Waals surface area (Å²) in [6.45, 7) is 1.97. The molecule has 1 heterocycles. The van der Waals surface area contributed by atoms with Crippen LogP contribution in [0.2, 0.25) is 0 Å². The first-order chi connectivity index (χ1) is 14.6. The molecule has 0 saturated heterocycles. The number of fused-ring (bicyclic) bond motifs is 1. The minimum absolute atomic E-state index is 0.0551. The standard InChI is InChI=1S/C24H20N2O4/c1-16-25-24(26-30-16)15-29-21-9-3-17(4-10-21)5-12-23(27)20-7-6-19-14-22(28-2)11-8-18(19)13-20/h3-14H,15H2,1-2H3. The average Bonchev–Trinajstić information content (AvgIpc) is 3.21. The Morgan fingerprint density at radius 1 is 1.00 bits per heavy atom. The molecule has 3 aromatic carbocycles. The molecule has 0 unspecified atom stereocenters. The topological polar surface area (TPSA) is 74.5 Å². The second-order valence-electron chi connectivity index (χ2n) is 6.71. The Hall–Kier alpha value is -3.93. The number of aromatic nitrogens is 2. The van der Waals surface area contributed by atoms with Crippen molar-refractivity contribution in [1.82, 2.24) is 10.1 Å². The summed E-state index contributed by atoms with van der Waals surface area (Å²) in [5, 5.41) is 5.81. The van der Waals surface area contributed by atoms with Crippen molar-refractivity contribution in [3.05, 3.63) is 89.6 Å². The Balaban J connectivity index is 1.40. The van der Waals surface area contributed by atoms with Gasteiger partial charge in [0.15, 0.2) is 12.4 Å². The molecule has 0 aliphatic rings. The minimum Gasteiger partial charge on any atom is -0.497 e. The lowest BCUT2D eigenvalue weighted by Crippen LogP contribution is -1.97. The monoisotopic (exact) mass is 400 g/mol. The van der Waals surface area contributed by atoms with E-state index in [1.807, 2.05) is 60.7 Å². The number of methoxy groups -OCH3 is 1. The van der Waals surface area contributed by atoms with Gasteiger partial charge in [0.1, 0.15) is 11.5 Å². The number of carbonyl (C=O) groups excluding carboxylic acids is 1. The fraction of sp³-hybridized carbons (Fsp3) is 0.125. The zero-order valence-electron chi connectivity index (χ0n) is 16.7. The third-order valence-electron chi connectivity index (χ3n) is 4.58. The summed E-state index contributed by atoms with van der Waals surface area (Å²) in [5.74, 6) is 2.42. The molecule has 150 valence electrons. The van der Waals surface area contributed by atoms with E-state index in [2.05, 4.69) is 10.1 Å². The number of benzene rings is 3. The fourth-order valence-corrected chi connectivity index (χ4v) is 3.00. The molecule has 0 atom stereocenters. The van der Waals surface area contributed by atoms with Crippen LogP contribution >= 0.6 is 0 Å². The Kier molecular flexibility index (Phi) is 5.57. The minimum atomic E-state index is -0.0551. The van der Waals surface area contributed by atoms with E-state index in [4.69, 9.17) is 14.0 Å². The Bertz CT molecular complexity index is 1210. The van der Waals surface area contributed by atoms with Gasteiger partial charge >= 0.3 is 0 Å². The number of rotatable bonds is 7. The maximum Gasteiger partial charge on any atom is 0.223 e. The van der Waals surface area contributed by atoms with Gasteiger partial charge in [-0.05, 0) is 52.7 Å². The number of aryl methyl sites for hydroxylation is 1. The molecule has 0 aliphatic heterocycles. The van der Waals surface area contributed by atoms with Crippen LogP contribution in [0.4, 0.5) is 0 Å². The summed E-state index contributed by atoms with van der Waals surface area (Å²) < 4.78 is 15.8. The average molecular weight is 400 g/mol. The van der Waals surface area contributed by atoms with Crippen LogP contribution in [0.25, 0.3) is 16.8 Å². The first-order valence-electron chi connectivity index (χ1n) is 9.43. The second kappa shape index (κ2) is 8.61. The van der Waals surface area contributed by atoms with E-state index in [-0.39, 0.29) is 12.4 Å². The predicted molar refractivity (Wildman–Crippen MR) is 114 cm³/mol. The fourth-order valence-electron chi connectivity index (χ4n) is 3.00. The molecule has 1 aromatic heterocycles. The number of ether oxygens (including phenoxy) is 2. The van der Waals surface area contributed by atoms with Gasteiger partial charge in [-0.15, -0.1) is 0 Å². The predicted octanol–water partition coefficient (Wildman–Crippen LogP) is 5.01. The van der Waals surface area contributed by atoms with Gasteiger partial charge in [0.05, 0.1) is 7.11 Å². The molecule has 6 nitrogen and oxygen atoms in total. The Morgan fingerprint density at radius 2 is 1.73 bits per heavy atom. The van der Waals surface area contributed by atoms with Crippen LogP contribution in [0.1, 0.15) is 27.6 Å². The summed E-state index contributed by atoms with van der Waals surface area (Å²) in [4.78, 5) is 16.6. The molecule has 0 spiro atoms. The second-order valence-corrected chi connectivity index (χ2v) is 6.71. The van der Waals surface area contributed by atoms with Gasteiger partial charge in [-0.25, -0.2) is 0 Å². The number of ketones is 1. The van der Waals surface area contributed by atoms with Crippen LogP contribution in [0.5, 0.6) is 11.5 Å². The van der Waals surface area contributed by atoms with E-state index in [0.717, 1.165) is 22.1 Å². The van der Waals surface area contributed by atoms with Crippen LogP contribution < -0.4 is 9.47 Å². The van der Waals surface area contributed by atoms with Crippen molar-refractivity contribution in [3.8, 4) is 11.5 Å². The number of hydrogen-bond donors (Lipinski definition) is 0. The van der Waals surface area contributed by atoms with Crippen molar-refractivity contribution in [3.63, 3.8) is 0 Å². The molecular weight excluding hydrogens is 380 g/mol. The molecule has 0 fully saturated rings. The summed E-state index contributed by atoms with van der Waals surface area (Å²) in [7, 11) is 1.64. The zero-order chi connectivity index (χ0) is 20.9. The number of nitrogens with zero attached hydrogens (tertiary/aromatic N) is 2. The van der Waals surface area contributed by atoms with Crippen molar-refractivity contribution in [1.29, 1.82) is 0 Å². The third kappa shape index (κ3) is 4.55. The van der Waals surface area contributed by atoms with E-state index >= 15 is 0 Å². The van der Waals surface area contributed by atoms with Gasteiger partial charge in [-0.1, -0.05) is 41.6 Å². The summed E-state index contributed by atoms with van der Waals surface area (Å²) in [6.07, 6.45) is 3.36. The molecule has 0 amide bonds. The maximum atomic E-state index is 12.6. The van der Waals surface area contributed by atoms with Crippen molar-refractivity contribution < 1.29 is 18.8 Å². The van der Waals surface area contributed by atoms with Gasteiger partial charge in [0.25, 0.3) is 0 Å². The van der Waals surface area contributed by atoms with Crippen LogP contribution in [-0.2, 0) is 6.61 Å². The largest absolute Gasteiger partial charge is 0.497 e. The van der Waals surface area contributed by atoms with E-state index in [1.54, 1.807) is 26.2 Å². The zero-order valence-corrected chi connectivity index (χ0v) is 16.7. The first-order valence-corrected chi connectivity index (χ1v) is 9.43. The Morgan fingerprint density at radius 3 is 2.47 bits per heavy atom. The molecule has 30 heavy (non-hydrogen) atoms. The van der Waals surface area contributed by atoms with Gasteiger partial charge in [-0.3, -0.25) is 4.79 Å². The van der Waals surface area contributed by atoms with Gasteiger partial charge in [-0.2, -0.15) is 4.98 Å². The maximum absolute atomic E-state index is 12.6.